The number of benzene rings is 1. The number of hydrogen-bond donors (Lipinski definition) is 2. The largest absolute Gasteiger partial charge is 0.394 e. The third-order valence-corrected chi connectivity index (χ3v) is 5.87. The average Bonchev–Trinajstić information content (AvgIpc) is 3.35. The number of nitrogens with one attached hydrogen (secondary N) is 1. The van der Waals surface area contributed by atoms with Crippen LogP contribution in [0.5, 0.6) is 0 Å². The van der Waals surface area contributed by atoms with Crippen LogP contribution in [0.4, 0.5) is 5.69 Å². The van der Waals surface area contributed by atoms with Gasteiger partial charge in [-0.2, -0.15) is 0 Å². The van der Waals surface area contributed by atoms with Gasteiger partial charge >= 0.3 is 0 Å². The van der Waals surface area contributed by atoms with Gasteiger partial charge in [0, 0.05) is 42.6 Å². The van der Waals surface area contributed by atoms with Crippen LogP contribution in [0.25, 0.3) is 10.6 Å². The molecule has 1 atom stereocenters. The summed E-state index contributed by atoms with van der Waals surface area (Å²) in [6.07, 6.45) is 4.98. The molecule has 1 aliphatic rings. The molecule has 0 saturated carbocycles. The highest BCUT2D eigenvalue weighted by atomic mass is 32.1. The van der Waals surface area contributed by atoms with Gasteiger partial charge in [0.2, 0.25) is 0 Å². The van der Waals surface area contributed by atoms with Crippen LogP contribution in [0.1, 0.15) is 21.6 Å². The molecule has 1 unspecified atom stereocenters. The summed E-state index contributed by atoms with van der Waals surface area (Å²) in [7, 11) is 2.10. The lowest BCUT2D eigenvalue weighted by atomic mass is 10.1. The first-order valence-electron chi connectivity index (χ1n) is 9.24. The van der Waals surface area contributed by atoms with Gasteiger partial charge < -0.3 is 15.3 Å². The summed E-state index contributed by atoms with van der Waals surface area (Å²) in [6.45, 7) is 0.897. The summed E-state index contributed by atoms with van der Waals surface area (Å²) < 4.78 is 0. The Bertz CT molecular complexity index is 974. The van der Waals surface area contributed by atoms with Crippen LogP contribution in [0, 0.1) is 0 Å². The van der Waals surface area contributed by atoms with Crippen LogP contribution in [0.15, 0.2) is 48.1 Å². The van der Waals surface area contributed by atoms with Crippen molar-refractivity contribution in [3.63, 3.8) is 0 Å². The van der Waals surface area contributed by atoms with Crippen molar-refractivity contribution in [3.8, 4) is 10.6 Å². The van der Waals surface area contributed by atoms with Crippen molar-refractivity contribution >= 4 is 22.9 Å². The zero-order chi connectivity index (χ0) is 19.5. The standard InChI is InChI=1S/C21H22N4O2S/c1-25-9-6-15-11-16(2-3-19(15)25)21-24-18(13-28-21)20(27)23-17(12-26)10-14-4-7-22-8-5-14/h2-5,7-8,11,13,17,26H,6,9-10,12H2,1H3,(H,23,27). The van der Waals surface area contributed by atoms with Crippen LogP contribution >= 0.6 is 11.3 Å². The number of carbonyl (C=O) groups excluding carboxylic acids is 1. The Morgan fingerprint density at radius 3 is 2.93 bits per heavy atom. The molecule has 1 aliphatic heterocycles. The maximum absolute atomic E-state index is 12.6. The Kier molecular flexibility index (Phi) is 5.36. The first kappa shape index (κ1) is 18.6. The van der Waals surface area contributed by atoms with Gasteiger partial charge in [0.05, 0.1) is 12.6 Å². The van der Waals surface area contributed by atoms with Crippen LogP contribution in [-0.2, 0) is 12.8 Å². The molecule has 7 heteroatoms. The molecule has 28 heavy (non-hydrogen) atoms. The number of hydrogen-bond acceptors (Lipinski definition) is 6. The number of carbonyl (C=O) groups is 1. The maximum Gasteiger partial charge on any atom is 0.271 e. The number of aromatic nitrogens is 2. The third kappa shape index (κ3) is 3.90. The van der Waals surface area contributed by atoms with Crippen molar-refractivity contribution in [1.29, 1.82) is 0 Å². The highest BCUT2D eigenvalue weighted by Gasteiger charge is 2.19. The molecular weight excluding hydrogens is 372 g/mol. The van der Waals surface area contributed by atoms with E-state index in [0.29, 0.717) is 12.1 Å². The zero-order valence-electron chi connectivity index (χ0n) is 15.6. The third-order valence-electron chi connectivity index (χ3n) is 4.98. The van der Waals surface area contributed by atoms with Crippen LogP contribution in [-0.4, -0.2) is 47.2 Å². The monoisotopic (exact) mass is 394 g/mol. The Morgan fingerprint density at radius 1 is 1.32 bits per heavy atom. The van der Waals surface area contributed by atoms with Gasteiger partial charge in [-0.05, 0) is 54.3 Å². The predicted octanol–water partition coefficient (Wildman–Crippen LogP) is 2.53. The molecule has 6 nitrogen and oxygen atoms in total. The van der Waals surface area contributed by atoms with Crippen LogP contribution in [0.2, 0.25) is 0 Å². The van der Waals surface area contributed by atoms with E-state index < -0.39 is 0 Å². The number of fused-ring (bicyclic) bond motifs is 1. The average molecular weight is 395 g/mol. The van der Waals surface area contributed by atoms with E-state index in [1.165, 1.54) is 22.6 Å². The van der Waals surface area contributed by atoms with Crippen LogP contribution < -0.4 is 10.2 Å². The molecule has 0 spiro atoms. The summed E-state index contributed by atoms with van der Waals surface area (Å²) >= 11 is 1.46. The van der Waals surface area contributed by atoms with E-state index in [2.05, 4.69) is 45.4 Å². The number of aliphatic hydroxyl groups excluding tert-OH is 1. The fraction of sp³-hybridized carbons (Fsp3) is 0.286. The number of rotatable bonds is 6. The zero-order valence-corrected chi connectivity index (χ0v) is 16.4. The second-order valence-corrected chi connectivity index (χ2v) is 7.82. The van der Waals surface area contributed by atoms with Gasteiger partial charge in [0.25, 0.3) is 5.91 Å². The van der Waals surface area contributed by atoms with E-state index in [1.807, 2.05) is 12.1 Å². The minimum Gasteiger partial charge on any atom is -0.394 e. The molecule has 2 aromatic heterocycles. The summed E-state index contributed by atoms with van der Waals surface area (Å²) in [6, 6.07) is 9.73. The molecule has 2 N–H and O–H groups in total. The fourth-order valence-corrected chi connectivity index (χ4v) is 4.23. The number of likely N-dealkylation sites (N-methyl/N-ethyl adjacent to an activating group) is 1. The number of anilines is 1. The molecule has 1 aromatic carbocycles. The van der Waals surface area contributed by atoms with Crippen molar-refractivity contribution < 1.29 is 9.90 Å². The maximum atomic E-state index is 12.6. The smallest absolute Gasteiger partial charge is 0.271 e. The highest BCUT2D eigenvalue weighted by Crippen LogP contribution is 2.32. The summed E-state index contributed by atoms with van der Waals surface area (Å²) in [5.74, 6) is -0.267. The minimum absolute atomic E-state index is 0.136. The molecule has 0 saturated heterocycles. The first-order chi connectivity index (χ1) is 13.6. The molecule has 0 bridgehead atoms. The lowest BCUT2D eigenvalue weighted by Gasteiger charge is -2.15. The molecule has 0 radical (unpaired) electrons. The lowest BCUT2D eigenvalue weighted by Crippen LogP contribution is -2.39. The Labute approximate surface area is 167 Å². The molecule has 4 rings (SSSR count). The molecule has 0 aliphatic carbocycles. The number of pyridine rings is 1. The van der Waals surface area contributed by atoms with Crippen molar-refractivity contribution in [2.75, 3.05) is 25.1 Å². The van der Waals surface area contributed by atoms with E-state index >= 15 is 0 Å². The lowest BCUT2D eigenvalue weighted by molar-refractivity contribution is 0.0912. The van der Waals surface area contributed by atoms with Gasteiger partial charge in [0.15, 0.2) is 0 Å². The SMILES string of the molecule is CN1CCc2cc(-c3nc(C(=O)NC(CO)Cc4ccncc4)cs3)ccc21. The fourth-order valence-electron chi connectivity index (χ4n) is 3.43. The minimum atomic E-state index is -0.365. The van der Waals surface area contributed by atoms with Crippen molar-refractivity contribution in [2.45, 2.75) is 18.9 Å². The second-order valence-electron chi connectivity index (χ2n) is 6.97. The van der Waals surface area contributed by atoms with E-state index in [1.54, 1.807) is 17.8 Å². The topological polar surface area (TPSA) is 78.4 Å². The Balaban J connectivity index is 1.45. The van der Waals surface area contributed by atoms with Gasteiger partial charge in [-0.3, -0.25) is 9.78 Å². The Hall–Kier alpha value is -2.77. The van der Waals surface area contributed by atoms with E-state index in [-0.39, 0.29) is 18.6 Å². The van der Waals surface area contributed by atoms with E-state index in [9.17, 15) is 9.90 Å². The van der Waals surface area contributed by atoms with Gasteiger partial charge in [-0.25, -0.2) is 4.98 Å². The second kappa shape index (κ2) is 8.08. The number of aliphatic hydroxyl groups is 1. The van der Waals surface area contributed by atoms with E-state index in [4.69, 9.17) is 0 Å². The molecule has 3 aromatic rings. The first-order valence-corrected chi connectivity index (χ1v) is 10.1. The predicted molar refractivity (Wildman–Crippen MR) is 111 cm³/mol. The van der Waals surface area contributed by atoms with E-state index in [0.717, 1.165) is 29.1 Å². The van der Waals surface area contributed by atoms with Crippen molar-refractivity contribution in [2.24, 2.45) is 0 Å². The van der Waals surface area contributed by atoms with Gasteiger partial charge in [-0.15, -0.1) is 11.3 Å². The quantitative estimate of drug-likeness (QED) is 0.672. The summed E-state index contributed by atoms with van der Waals surface area (Å²) in [4.78, 5) is 23.3. The highest BCUT2D eigenvalue weighted by molar-refractivity contribution is 7.13. The summed E-state index contributed by atoms with van der Waals surface area (Å²) in [5, 5.41) is 15.1. The molecule has 0 fully saturated rings. The molecule has 1 amide bonds. The van der Waals surface area contributed by atoms with Crippen molar-refractivity contribution in [3.05, 3.63) is 64.9 Å². The molecule has 3 heterocycles. The number of amides is 1. The Morgan fingerprint density at radius 2 is 2.14 bits per heavy atom. The van der Waals surface area contributed by atoms with Gasteiger partial charge in [-0.1, -0.05) is 0 Å². The number of thiazole rings is 1. The molecule has 144 valence electrons. The van der Waals surface area contributed by atoms with Crippen LogP contribution in [0.3, 0.4) is 0 Å². The summed E-state index contributed by atoms with van der Waals surface area (Å²) in [5.41, 5.74) is 5.01. The van der Waals surface area contributed by atoms with Gasteiger partial charge in [0.1, 0.15) is 10.7 Å². The van der Waals surface area contributed by atoms with Crippen molar-refractivity contribution in [1.82, 2.24) is 15.3 Å². The molecular formula is C21H22N4O2S. The normalized spacial score (nSPS) is 14.0. The number of nitrogens with zero attached hydrogens (tertiary/aromatic N) is 3.